The molecule has 156 valence electrons. The highest BCUT2D eigenvalue weighted by Crippen LogP contribution is 2.26. The molecular weight excluding hydrogens is 393 g/mol. The van der Waals surface area contributed by atoms with Gasteiger partial charge in [-0.25, -0.2) is 12.8 Å². The van der Waals surface area contributed by atoms with Crippen LogP contribution in [0.1, 0.15) is 30.4 Å². The number of carbonyl (C=O) groups excluding carboxylic acids is 1. The Kier molecular flexibility index (Phi) is 6.54. The highest BCUT2D eigenvalue weighted by Gasteiger charge is 2.27. The number of carbonyl (C=O) groups is 1. The lowest BCUT2D eigenvalue weighted by Gasteiger charge is -2.26. The Balaban J connectivity index is 1.69. The molecule has 0 spiro atoms. The van der Waals surface area contributed by atoms with Crippen molar-refractivity contribution in [3.63, 3.8) is 0 Å². The summed E-state index contributed by atoms with van der Waals surface area (Å²) in [5, 5.41) is 5.69. The molecule has 2 aromatic rings. The molecule has 1 fully saturated rings. The SMILES string of the molecule is Cc1cc(F)ccc1NCC(=O)Nc1ccc(C)c(S(=O)(=O)N2CCCCC2)c1. The maximum absolute atomic E-state index is 13.2. The van der Waals surface area contributed by atoms with Gasteiger partial charge in [-0.3, -0.25) is 4.79 Å². The van der Waals surface area contributed by atoms with Gasteiger partial charge in [0.2, 0.25) is 15.9 Å². The molecule has 0 radical (unpaired) electrons. The van der Waals surface area contributed by atoms with Crippen molar-refractivity contribution in [2.24, 2.45) is 0 Å². The van der Waals surface area contributed by atoms with Crippen LogP contribution in [0.5, 0.6) is 0 Å². The van der Waals surface area contributed by atoms with E-state index in [1.165, 1.54) is 22.5 Å². The van der Waals surface area contributed by atoms with Crippen molar-refractivity contribution >= 4 is 27.3 Å². The Hall–Kier alpha value is -2.45. The van der Waals surface area contributed by atoms with Crippen LogP contribution in [0.4, 0.5) is 15.8 Å². The van der Waals surface area contributed by atoms with E-state index in [1.54, 1.807) is 32.0 Å². The van der Waals surface area contributed by atoms with Gasteiger partial charge in [-0.15, -0.1) is 0 Å². The van der Waals surface area contributed by atoms with Crippen LogP contribution in [0.15, 0.2) is 41.3 Å². The molecule has 3 rings (SSSR count). The molecule has 1 aliphatic rings. The van der Waals surface area contributed by atoms with Gasteiger partial charge in [0.1, 0.15) is 5.82 Å². The lowest BCUT2D eigenvalue weighted by atomic mass is 10.2. The summed E-state index contributed by atoms with van der Waals surface area (Å²) in [6.45, 7) is 4.54. The first-order chi connectivity index (χ1) is 13.8. The van der Waals surface area contributed by atoms with Crippen LogP contribution in [0.25, 0.3) is 0 Å². The maximum atomic E-state index is 13.2. The predicted octanol–water partition coefficient (Wildman–Crippen LogP) is 3.67. The Morgan fingerprint density at radius 2 is 1.76 bits per heavy atom. The largest absolute Gasteiger partial charge is 0.376 e. The lowest BCUT2D eigenvalue weighted by Crippen LogP contribution is -2.36. The minimum Gasteiger partial charge on any atom is -0.376 e. The lowest BCUT2D eigenvalue weighted by molar-refractivity contribution is -0.114. The van der Waals surface area contributed by atoms with E-state index in [0.717, 1.165) is 19.3 Å². The van der Waals surface area contributed by atoms with Crippen molar-refractivity contribution < 1.29 is 17.6 Å². The van der Waals surface area contributed by atoms with Crippen molar-refractivity contribution in [1.29, 1.82) is 0 Å². The summed E-state index contributed by atoms with van der Waals surface area (Å²) in [4.78, 5) is 12.5. The van der Waals surface area contributed by atoms with Crippen molar-refractivity contribution in [1.82, 2.24) is 4.31 Å². The molecule has 0 aliphatic carbocycles. The van der Waals surface area contributed by atoms with Crippen LogP contribution in [0, 0.1) is 19.7 Å². The van der Waals surface area contributed by atoms with Gasteiger partial charge in [0.15, 0.2) is 0 Å². The molecule has 0 saturated carbocycles. The number of aryl methyl sites for hydroxylation is 2. The molecule has 1 aliphatic heterocycles. The number of sulfonamides is 1. The van der Waals surface area contributed by atoms with Gasteiger partial charge < -0.3 is 10.6 Å². The van der Waals surface area contributed by atoms with Gasteiger partial charge in [0, 0.05) is 24.5 Å². The zero-order valence-corrected chi connectivity index (χ0v) is 17.5. The first-order valence-corrected chi connectivity index (χ1v) is 11.1. The van der Waals surface area contributed by atoms with Gasteiger partial charge in [-0.05, 0) is 68.1 Å². The Morgan fingerprint density at radius 1 is 1.03 bits per heavy atom. The van der Waals surface area contributed by atoms with Crippen LogP contribution in [-0.4, -0.2) is 38.3 Å². The Labute approximate surface area is 171 Å². The number of nitrogens with one attached hydrogen (secondary N) is 2. The van der Waals surface area contributed by atoms with E-state index in [4.69, 9.17) is 0 Å². The second kappa shape index (κ2) is 8.92. The normalized spacial score (nSPS) is 15.1. The first-order valence-electron chi connectivity index (χ1n) is 9.68. The van der Waals surface area contributed by atoms with Crippen LogP contribution in [-0.2, 0) is 14.8 Å². The third-order valence-electron chi connectivity index (χ3n) is 5.03. The van der Waals surface area contributed by atoms with E-state index < -0.39 is 10.0 Å². The number of hydrogen-bond donors (Lipinski definition) is 2. The van der Waals surface area contributed by atoms with E-state index >= 15 is 0 Å². The number of piperidine rings is 1. The monoisotopic (exact) mass is 419 g/mol. The van der Waals surface area contributed by atoms with Gasteiger partial charge in [-0.2, -0.15) is 4.31 Å². The Morgan fingerprint density at radius 3 is 2.45 bits per heavy atom. The fourth-order valence-corrected chi connectivity index (χ4v) is 5.17. The standard InChI is InChI=1S/C21H26FN3O3S/c1-15-6-8-18(13-20(15)29(27,28)25-10-4-3-5-11-25)24-21(26)14-23-19-9-7-17(22)12-16(19)2/h6-9,12-13,23H,3-5,10-11,14H2,1-2H3,(H,24,26). The van der Waals surface area contributed by atoms with E-state index in [9.17, 15) is 17.6 Å². The average Bonchev–Trinajstić information content (AvgIpc) is 2.69. The third kappa shape index (κ3) is 5.13. The molecule has 6 nitrogen and oxygen atoms in total. The fraction of sp³-hybridized carbons (Fsp3) is 0.381. The quantitative estimate of drug-likeness (QED) is 0.749. The number of nitrogens with zero attached hydrogens (tertiary/aromatic N) is 1. The zero-order valence-electron chi connectivity index (χ0n) is 16.7. The van der Waals surface area contributed by atoms with Crippen LogP contribution in [0.3, 0.4) is 0 Å². The summed E-state index contributed by atoms with van der Waals surface area (Å²) in [5.41, 5.74) is 2.43. The smallest absolute Gasteiger partial charge is 0.243 e. The Bertz CT molecular complexity index is 1000. The van der Waals surface area contributed by atoms with Crippen molar-refractivity contribution in [3.05, 3.63) is 53.3 Å². The number of halogens is 1. The predicted molar refractivity (Wildman–Crippen MR) is 112 cm³/mol. The van der Waals surface area contributed by atoms with Crippen molar-refractivity contribution in [3.8, 4) is 0 Å². The van der Waals surface area contributed by atoms with Gasteiger partial charge in [0.05, 0.1) is 11.4 Å². The first kappa shape index (κ1) is 21.3. The molecule has 0 bridgehead atoms. The van der Waals surface area contributed by atoms with E-state index in [0.29, 0.717) is 35.6 Å². The average molecular weight is 420 g/mol. The fourth-order valence-electron chi connectivity index (χ4n) is 3.41. The molecule has 2 aromatic carbocycles. The van der Waals surface area contributed by atoms with E-state index in [1.807, 2.05) is 0 Å². The molecule has 2 N–H and O–H groups in total. The molecule has 1 amide bonds. The molecule has 0 atom stereocenters. The summed E-state index contributed by atoms with van der Waals surface area (Å²) in [6.07, 6.45) is 2.77. The molecule has 0 unspecified atom stereocenters. The summed E-state index contributed by atoms with van der Waals surface area (Å²) in [5.74, 6) is -0.654. The topological polar surface area (TPSA) is 78.5 Å². The number of benzene rings is 2. The number of rotatable bonds is 6. The number of anilines is 2. The van der Waals surface area contributed by atoms with E-state index in [-0.39, 0.29) is 23.2 Å². The number of hydrogen-bond acceptors (Lipinski definition) is 4. The zero-order chi connectivity index (χ0) is 21.0. The molecule has 29 heavy (non-hydrogen) atoms. The van der Waals surface area contributed by atoms with Gasteiger partial charge in [0.25, 0.3) is 0 Å². The highest BCUT2D eigenvalue weighted by molar-refractivity contribution is 7.89. The second-order valence-electron chi connectivity index (χ2n) is 7.31. The number of amides is 1. The third-order valence-corrected chi connectivity index (χ3v) is 7.07. The molecule has 0 aromatic heterocycles. The summed E-state index contributed by atoms with van der Waals surface area (Å²) in [7, 11) is -3.59. The van der Waals surface area contributed by atoms with Gasteiger partial charge >= 0.3 is 0 Å². The summed E-state index contributed by atoms with van der Waals surface area (Å²) in [6, 6.07) is 9.19. The van der Waals surface area contributed by atoms with Crippen LogP contribution >= 0.6 is 0 Å². The van der Waals surface area contributed by atoms with Gasteiger partial charge in [-0.1, -0.05) is 12.5 Å². The van der Waals surface area contributed by atoms with Crippen molar-refractivity contribution in [2.45, 2.75) is 38.0 Å². The summed E-state index contributed by atoms with van der Waals surface area (Å²) >= 11 is 0. The second-order valence-corrected chi connectivity index (χ2v) is 9.21. The minimum absolute atomic E-state index is 0.0193. The molecular formula is C21H26FN3O3S. The van der Waals surface area contributed by atoms with E-state index in [2.05, 4.69) is 10.6 Å². The molecule has 1 saturated heterocycles. The molecule has 8 heteroatoms. The van der Waals surface area contributed by atoms with Crippen molar-refractivity contribution in [2.75, 3.05) is 30.3 Å². The highest BCUT2D eigenvalue weighted by atomic mass is 32.2. The summed E-state index contributed by atoms with van der Waals surface area (Å²) < 4.78 is 40.7. The van der Waals surface area contributed by atoms with Crippen LogP contribution in [0.2, 0.25) is 0 Å². The minimum atomic E-state index is -3.59. The van der Waals surface area contributed by atoms with Crippen LogP contribution < -0.4 is 10.6 Å². The molecule has 1 heterocycles. The maximum Gasteiger partial charge on any atom is 0.243 e.